The van der Waals surface area contributed by atoms with Gasteiger partial charge in [-0.2, -0.15) is 0 Å². The van der Waals surface area contributed by atoms with Crippen molar-refractivity contribution in [2.75, 3.05) is 39.4 Å². The Hall–Kier alpha value is -0.810. The molecule has 1 aliphatic heterocycles. The zero-order valence-electron chi connectivity index (χ0n) is 12.1. The number of rotatable bonds is 8. The zero-order chi connectivity index (χ0) is 13.5. The molecule has 2 aliphatic rings. The first-order valence-corrected chi connectivity index (χ1v) is 7.65. The van der Waals surface area contributed by atoms with E-state index in [9.17, 15) is 0 Å². The van der Waals surface area contributed by atoms with E-state index in [4.69, 9.17) is 10.5 Å². The smallest absolute Gasteiger partial charge is 0.188 e. The maximum absolute atomic E-state index is 5.86. The lowest BCUT2D eigenvalue weighted by atomic mass is 10.1. The summed E-state index contributed by atoms with van der Waals surface area (Å²) in [5.41, 5.74) is 5.86. The molecular weight excluding hydrogens is 240 g/mol. The molecule has 1 unspecified atom stereocenters. The highest BCUT2D eigenvalue weighted by Crippen LogP contribution is 2.31. The monoisotopic (exact) mass is 268 g/mol. The Morgan fingerprint density at radius 1 is 1.42 bits per heavy atom. The van der Waals surface area contributed by atoms with Crippen molar-refractivity contribution >= 4 is 5.96 Å². The van der Waals surface area contributed by atoms with Crippen molar-refractivity contribution in [1.82, 2.24) is 10.2 Å². The first-order chi connectivity index (χ1) is 9.29. The summed E-state index contributed by atoms with van der Waals surface area (Å²) in [5, 5.41) is 3.15. The highest BCUT2D eigenvalue weighted by Gasteiger charge is 2.34. The van der Waals surface area contributed by atoms with Crippen LogP contribution in [0.3, 0.4) is 0 Å². The maximum Gasteiger partial charge on any atom is 0.188 e. The van der Waals surface area contributed by atoms with Gasteiger partial charge in [-0.25, -0.2) is 0 Å². The third-order valence-electron chi connectivity index (χ3n) is 3.88. The van der Waals surface area contributed by atoms with Crippen molar-refractivity contribution < 1.29 is 4.74 Å². The van der Waals surface area contributed by atoms with Gasteiger partial charge in [-0.05, 0) is 45.1 Å². The lowest BCUT2D eigenvalue weighted by molar-refractivity contribution is 0.145. The summed E-state index contributed by atoms with van der Waals surface area (Å²) in [7, 11) is 0. The van der Waals surface area contributed by atoms with E-state index in [0.29, 0.717) is 11.9 Å². The second-order valence-corrected chi connectivity index (χ2v) is 5.58. The Morgan fingerprint density at radius 2 is 2.26 bits per heavy atom. The lowest BCUT2D eigenvalue weighted by Crippen LogP contribution is -2.33. The van der Waals surface area contributed by atoms with Crippen molar-refractivity contribution in [3.63, 3.8) is 0 Å². The molecule has 0 aromatic rings. The van der Waals surface area contributed by atoms with Crippen molar-refractivity contribution in [2.24, 2.45) is 16.6 Å². The molecule has 5 heteroatoms. The first-order valence-electron chi connectivity index (χ1n) is 7.65. The Labute approximate surface area is 116 Å². The van der Waals surface area contributed by atoms with Crippen LogP contribution in [0.5, 0.6) is 0 Å². The van der Waals surface area contributed by atoms with Crippen LogP contribution in [0, 0.1) is 5.92 Å². The van der Waals surface area contributed by atoms with Crippen LogP contribution in [0.1, 0.15) is 32.6 Å². The van der Waals surface area contributed by atoms with Gasteiger partial charge in [0.15, 0.2) is 5.96 Å². The average Bonchev–Trinajstić information content (AvgIpc) is 3.15. The fourth-order valence-corrected chi connectivity index (χ4v) is 2.60. The number of aliphatic imine (C=N–C) groups is 1. The molecule has 1 saturated heterocycles. The van der Waals surface area contributed by atoms with E-state index in [1.54, 1.807) is 0 Å². The van der Waals surface area contributed by atoms with Crippen LogP contribution in [0.2, 0.25) is 0 Å². The molecule has 0 bridgehead atoms. The molecule has 110 valence electrons. The average molecular weight is 268 g/mol. The number of guanidine groups is 1. The van der Waals surface area contributed by atoms with E-state index in [1.807, 2.05) is 6.92 Å². The Balaban J connectivity index is 1.54. The summed E-state index contributed by atoms with van der Waals surface area (Å²) >= 11 is 0. The number of nitrogens with two attached hydrogens (primary N) is 1. The van der Waals surface area contributed by atoms with Gasteiger partial charge < -0.3 is 20.7 Å². The molecule has 0 aromatic carbocycles. The van der Waals surface area contributed by atoms with E-state index in [2.05, 4.69) is 15.2 Å². The minimum absolute atomic E-state index is 0.585. The third kappa shape index (κ3) is 5.37. The fourth-order valence-electron chi connectivity index (χ4n) is 2.60. The maximum atomic E-state index is 5.86. The Bertz CT molecular complexity index is 291. The number of hydrogen-bond acceptors (Lipinski definition) is 3. The van der Waals surface area contributed by atoms with Crippen LogP contribution in [-0.4, -0.2) is 56.3 Å². The van der Waals surface area contributed by atoms with Crippen molar-refractivity contribution in [2.45, 2.75) is 38.6 Å². The predicted octanol–water partition coefficient (Wildman–Crippen LogP) is 0.802. The molecule has 1 saturated carbocycles. The largest absolute Gasteiger partial charge is 0.382 e. The highest BCUT2D eigenvalue weighted by atomic mass is 16.5. The topological polar surface area (TPSA) is 62.9 Å². The van der Waals surface area contributed by atoms with Gasteiger partial charge in [0.2, 0.25) is 0 Å². The van der Waals surface area contributed by atoms with Crippen LogP contribution in [0.25, 0.3) is 0 Å². The minimum atomic E-state index is 0.585. The zero-order valence-corrected chi connectivity index (χ0v) is 12.1. The van der Waals surface area contributed by atoms with Gasteiger partial charge in [-0.3, -0.25) is 4.99 Å². The predicted molar refractivity (Wildman–Crippen MR) is 78.3 cm³/mol. The molecule has 19 heavy (non-hydrogen) atoms. The molecule has 5 nitrogen and oxygen atoms in total. The molecule has 2 rings (SSSR count). The number of hydrogen-bond donors (Lipinski definition) is 2. The standard InChI is InChI=1S/C14H28N4O/c1-2-19-9-3-7-16-14(15)17-10-12-6-8-18(11-12)13-4-5-13/h12-13H,2-11H2,1H3,(H3,15,16,17). The van der Waals surface area contributed by atoms with Gasteiger partial charge in [0.25, 0.3) is 0 Å². The first kappa shape index (κ1) is 14.6. The van der Waals surface area contributed by atoms with Crippen molar-refractivity contribution in [3.8, 4) is 0 Å². The van der Waals surface area contributed by atoms with Crippen molar-refractivity contribution in [3.05, 3.63) is 0 Å². The summed E-state index contributed by atoms with van der Waals surface area (Å²) < 4.78 is 5.27. The summed E-state index contributed by atoms with van der Waals surface area (Å²) in [5.74, 6) is 1.28. The van der Waals surface area contributed by atoms with Crippen LogP contribution in [0.4, 0.5) is 0 Å². The molecule has 0 spiro atoms. The van der Waals surface area contributed by atoms with E-state index < -0.39 is 0 Å². The molecule has 1 aliphatic carbocycles. The quantitative estimate of drug-likeness (QED) is 0.388. The molecule has 1 atom stereocenters. The van der Waals surface area contributed by atoms with Gasteiger partial charge in [-0.15, -0.1) is 0 Å². The van der Waals surface area contributed by atoms with Gasteiger partial charge in [-0.1, -0.05) is 0 Å². The molecule has 2 fully saturated rings. The molecule has 0 radical (unpaired) electrons. The van der Waals surface area contributed by atoms with E-state index in [1.165, 1.54) is 32.4 Å². The molecular formula is C14H28N4O. The van der Waals surface area contributed by atoms with Gasteiger partial charge in [0.05, 0.1) is 0 Å². The van der Waals surface area contributed by atoms with Crippen LogP contribution in [0.15, 0.2) is 4.99 Å². The summed E-state index contributed by atoms with van der Waals surface area (Å²) in [6, 6.07) is 0.892. The third-order valence-corrected chi connectivity index (χ3v) is 3.88. The summed E-state index contributed by atoms with van der Waals surface area (Å²) in [6.07, 6.45) is 5.06. The number of ether oxygens (including phenoxy) is 1. The minimum Gasteiger partial charge on any atom is -0.382 e. The Kier molecular flexibility index (Phi) is 5.92. The van der Waals surface area contributed by atoms with Crippen LogP contribution >= 0.6 is 0 Å². The van der Waals surface area contributed by atoms with Crippen LogP contribution in [-0.2, 0) is 4.74 Å². The van der Waals surface area contributed by atoms with Crippen molar-refractivity contribution in [1.29, 1.82) is 0 Å². The lowest BCUT2D eigenvalue weighted by Gasteiger charge is -2.13. The fraction of sp³-hybridized carbons (Fsp3) is 0.929. The number of likely N-dealkylation sites (tertiary alicyclic amines) is 1. The number of nitrogens with one attached hydrogen (secondary N) is 1. The Morgan fingerprint density at radius 3 is 3.00 bits per heavy atom. The van der Waals surface area contributed by atoms with E-state index in [0.717, 1.165) is 38.8 Å². The molecule has 0 amide bonds. The summed E-state index contributed by atoms with van der Waals surface area (Å²) in [6.45, 7) is 7.76. The summed E-state index contributed by atoms with van der Waals surface area (Å²) in [4.78, 5) is 7.07. The van der Waals surface area contributed by atoms with E-state index >= 15 is 0 Å². The second kappa shape index (κ2) is 7.70. The molecule has 3 N–H and O–H groups in total. The van der Waals surface area contributed by atoms with E-state index in [-0.39, 0.29) is 0 Å². The second-order valence-electron chi connectivity index (χ2n) is 5.58. The van der Waals surface area contributed by atoms with Crippen LogP contribution < -0.4 is 11.1 Å². The highest BCUT2D eigenvalue weighted by molar-refractivity contribution is 5.77. The van der Waals surface area contributed by atoms with Gasteiger partial charge >= 0.3 is 0 Å². The molecule has 0 aromatic heterocycles. The SMILES string of the molecule is CCOCCCNC(N)=NCC1CCN(C2CC2)C1. The van der Waals surface area contributed by atoms with Gasteiger partial charge in [0, 0.05) is 38.9 Å². The number of nitrogens with zero attached hydrogens (tertiary/aromatic N) is 2. The van der Waals surface area contributed by atoms with Gasteiger partial charge in [0.1, 0.15) is 0 Å². The molecule has 1 heterocycles. The normalized spacial score (nSPS) is 24.9.